The number of halogens is 8. The monoisotopic (exact) mass is 784 g/mol. The van der Waals surface area contributed by atoms with E-state index in [0.717, 1.165) is 29.9 Å². The lowest BCUT2D eigenvalue weighted by molar-refractivity contribution is -0.149. The summed E-state index contributed by atoms with van der Waals surface area (Å²) in [4.78, 5) is 13.4. The second-order valence-corrected chi connectivity index (χ2v) is 13.4. The van der Waals surface area contributed by atoms with E-state index in [1.807, 2.05) is 0 Å². The second kappa shape index (κ2) is 16.4. The Hall–Kier alpha value is -3.55. The number of aryl methyl sites for hydroxylation is 1. The molecule has 4 unspecified atom stereocenters. The summed E-state index contributed by atoms with van der Waals surface area (Å²) >= 11 is 9.73. The molecule has 0 aliphatic rings. The molecule has 0 saturated carbocycles. The fourth-order valence-corrected chi connectivity index (χ4v) is 6.28. The van der Waals surface area contributed by atoms with Crippen LogP contribution in [0.25, 0.3) is 22.4 Å². The minimum absolute atomic E-state index is 0.229. The highest BCUT2D eigenvalue weighted by Crippen LogP contribution is 2.48. The SMILES string of the molecule is Cn1nc(C(F)(F)F)cc1-c1ccc(OCc2ccc(Cl)cc2)c(-c2ccc(Cl)c(C(F)(F)F)c2)c1OC(=O)C(O)C(O)C[S+]([O-])CC(O)CO. The molecule has 0 radical (unpaired) electrons. The van der Waals surface area contributed by atoms with Crippen molar-refractivity contribution in [2.45, 2.75) is 37.3 Å². The van der Waals surface area contributed by atoms with E-state index in [4.69, 9.17) is 37.8 Å². The summed E-state index contributed by atoms with van der Waals surface area (Å²) in [6.07, 6.45) is -15.9. The van der Waals surface area contributed by atoms with E-state index in [-0.39, 0.29) is 29.2 Å². The summed E-state index contributed by atoms with van der Waals surface area (Å²) in [6.45, 7) is -0.993. The summed E-state index contributed by atoms with van der Waals surface area (Å²) in [7, 11) is 1.12. The Balaban J connectivity index is 1.92. The number of alkyl halides is 6. The zero-order valence-electron chi connectivity index (χ0n) is 26.1. The number of nitrogens with zero attached hydrogens (tertiary/aromatic N) is 2. The minimum Gasteiger partial charge on any atom is -0.616 e. The van der Waals surface area contributed by atoms with Crippen LogP contribution in [0.2, 0.25) is 10.0 Å². The van der Waals surface area contributed by atoms with Crippen molar-refractivity contribution in [3.63, 3.8) is 0 Å². The molecule has 0 bridgehead atoms. The lowest BCUT2D eigenvalue weighted by Gasteiger charge is -2.23. The van der Waals surface area contributed by atoms with Gasteiger partial charge in [-0.1, -0.05) is 41.4 Å². The van der Waals surface area contributed by atoms with Gasteiger partial charge < -0.3 is 34.5 Å². The van der Waals surface area contributed by atoms with Gasteiger partial charge in [0.2, 0.25) is 0 Å². The third kappa shape index (κ3) is 10.1. The van der Waals surface area contributed by atoms with Gasteiger partial charge >= 0.3 is 18.3 Å². The molecule has 1 aromatic heterocycles. The van der Waals surface area contributed by atoms with Crippen LogP contribution in [-0.2, 0) is 42.0 Å². The lowest BCUT2D eigenvalue weighted by atomic mass is 9.96. The van der Waals surface area contributed by atoms with Crippen LogP contribution in [0.4, 0.5) is 26.3 Å². The molecule has 4 N–H and O–H groups in total. The third-order valence-electron chi connectivity index (χ3n) is 7.19. The van der Waals surface area contributed by atoms with E-state index >= 15 is 0 Å². The predicted molar refractivity (Wildman–Crippen MR) is 173 cm³/mol. The zero-order valence-corrected chi connectivity index (χ0v) is 28.4. The van der Waals surface area contributed by atoms with Crippen LogP contribution in [0.15, 0.2) is 60.7 Å². The Kier molecular flexibility index (Phi) is 12.9. The smallest absolute Gasteiger partial charge is 0.435 e. The number of benzene rings is 3. The molecular weight excluding hydrogens is 757 g/mol. The molecule has 4 aromatic rings. The van der Waals surface area contributed by atoms with Crippen molar-refractivity contribution in [3.05, 3.63) is 87.5 Å². The van der Waals surface area contributed by atoms with Gasteiger partial charge in [-0.25, -0.2) is 4.79 Å². The molecule has 0 saturated heterocycles. The van der Waals surface area contributed by atoms with Crippen molar-refractivity contribution in [3.8, 4) is 33.9 Å². The Morgan fingerprint density at radius 2 is 1.63 bits per heavy atom. The van der Waals surface area contributed by atoms with Crippen LogP contribution >= 0.6 is 23.2 Å². The van der Waals surface area contributed by atoms with Crippen molar-refractivity contribution < 1.29 is 65.6 Å². The third-order valence-corrected chi connectivity index (χ3v) is 9.24. The van der Waals surface area contributed by atoms with E-state index in [1.54, 1.807) is 12.1 Å². The maximum atomic E-state index is 14.0. The predicted octanol–water partition coefficient (Wildman–Crippen LogP) is 5.41. The second-order valence-electron chi connectivity index (χ2n) is 11.0. The summed E-state index contributed by atoms with van der Waals surface area (Å²) in [6, 6.07) is 11.8. The number of aromatic nitrogens is 2. The number of carbonyl (C=O) groups is 1. The summed E-state index contributed by atoms with van der Waals surface area (Å²) in [5, 5.41) is 42.8. The van der Waals surface area contributed by atoms with E-state index < -0.39 is 93.5 Å². The van der Waals surface area contributed by atoms with Gasteiger partial charge in [-0.15, -0.1) is 0 Å². The normalized spacial score (nSPS) is 14.5. The number of rotatable bonds is 13. The van der Waals surface area contributed by atoms with Gasteiger partial charge in [0.1, 0.15) is 36.1 Å². The van der Waals surface area contributed by atoms with Crippen LogP contribution in [0.1, 0.15) is 16.8 Å². The molecule has 51 heavy (non-hydrogen) atoms. The topological polar surface area (TPSA) is 157 Å². The summed E-state index contributed by atoms with van der Waals surface area (Å²) in [5.74, 6) is -3.91. The number of aliphatic hydroxyl groups excluding tert-OH is 4. The standard InChI is InChI=1S/C32H28Cl2F6N2O8S/c1-42-23(11-26(41-42)32(38,39)40)20-7-9-25(49-13-16-2-5-18(33)6-3-16)27(17-4-8-22(34)21(10-17)31(35,36)37)29(20)50-30(47)28(46)24(45)15-51(48)14-19(44)12-43/h2-11,19,24,28,43-46H,12-15H2,1H3. The number of hydrogen-bond donors (Lipinski definition) is 4. The highest BCUT2D eigenvalue weighted by molar-refractivity contribution is 7.91. The Morgan fingerprint density at radius 3 is 2.22 bits per heavy atom. The maximum absolute atomic E-state index is 14.0. The molecular formula is C32H28Cl2F6N2O8S. The van der Waals surface area contributed by atoms with Crippen molar-refractivity contribution in [2.24, 2.45) is 7.05 Å². The summed E-state index contributed by atoms with van der Waals surface area (Å²) < 4.78 is 108. The van der Waals surface area contributed by atoms with Gasteiger partial charge in [0.15, 0.2) is 17.5 Å². The molecule has 1 heterocycles. The quantitative estimate of drug-likeness (QED) is 0.0603. The molecule has 276 valence electrons. The Labute approximate surface area is 298 Å². The van der Waals surface area contributed by atoms with Crippen LogP contribution in [0.3, 0.4) is 0 Å². The van der Waals surface area contributed by atoms with E-state index in [1.165, 1.54) is 18.2 Å². The highest BCUT2D eigenvalue weighted by Gasteiger charge is 2.38. The molecule has 0 aliphatic heterocycles. The average molecular weight is 786 g/mol. The molecule has 10 nitrogen and oxygen atoms in total. The van der Waals surface area contributed by atoms with Gasteiger partial charge in [0.25, 0.3) is 0 Å². The molecule has 0 aliphatic carbocycles. The summed E-state index contributed by atoms with van der Waals surface area (Å²) in [5.41, 5.74) is -3.57. The first kappa shape index (κ1) is 40.2. The number of hydrogen-bond acceptors (Lipinski definition) is 9. The first-order valence-corrected chi connectivity index (χ1v) is 16.8. The van der Waals surface area contributed by atoms with E-state index in [0.29, 0.717) is 22.7 Å². The number of aliphatic hydroxyl groups is 4. The molecule has 4 rings (SSSR count). The van der Waals surface area contributed by atoms with Gasteiger partial charge in [-0.05, 0) is 64.8 Å². The molecule has 4 atom stereocenters. The lowest BCUT2D eigenvalue weighted by Crippen LogP contribution is -2.42. The number of esters is 1. The number of ether oxygens (including phenoxy) is 2. The molecule has 0 amide bonds. The average Bonchev–Trinajstić information content (AvgIpc) is 3.45. The van der Waals surface area contributed by atoms with Gasteiger partial charge in [0, 0.05) is 17.6 Å². The van der Waals surface area contributed by atoms with Crippen LogP contribution < -0.4 is 9.47 Å². The van der Waals surface area contributed by atoms with Crippen molar-refractivity contribution >= 4 is 40.3 Å². The van der Waals surface area contributed by atoms with Gasteiger partial charge in [0.05, 0.1) is 28.5 Å². The molecule has 3 aromatic carbocycles. The maximum Gasteiger partial charge on any atom is 0.435 e. The first-order valence-electron chi connectivity index (χ1n) is 14.5. The fraction of sp³-hybridized carbons (Fsp3) is 0.312. The first-order chi connectivity index (χ1) is 23.8. The molecule has 0 spiro atoms. The van der Waals surface area contributed by atoms with Gasteiger partial charge in [-0.2, -0.15) is 31.4 Å². The van der Waals surface area contributed by atoms with Crippen molar-refractivity contribution in [1.82, 2.24) is 9.78 Å². The molecule has 0 fully saturated rings. The van der Waals surface area contributed by atoms with Crippen LogP contribution in [-0.4, -0.2) is 77.2 Å². The van der Waals surface area contributed by atoms with Crippen molar-refractivity contribution in [1.29, 1.82) is 0 Å². The Bertz CT molecular complexity index is 1840. The fourth-order valence-electron chi connectivity index (χ4n) is 4.70. The largest absolute Gasteiger partial charge is 0.616 e. The molecule has 19 heteroatoms. The van der Waals surface area contributed by atoms with E-state index in [2.05, 4.69) is 5.10 Å². The van der Waals surface area contributed by atoms with Crippen molar-refractivity contribution in [2.75, 3.05) is 18.1 Å². The van der Waals surface area contributed by atoms with Crippen LogP contribution in [0, 0.1) is 0 Å². The minimum atomic E-state index is -4.99. The van der Waals surface area contributed by atoms with Crippen LogP contribution in [0.5, 0.6) is 11.5 Å². The number of carbonyl (C=O) groups excluding carboxylic acids is 1. The van der Waals surface area contributed by atoms with E-state index in [9.17, 15) is 51.0 Å². The Morgan fingerprint density at radius 1 is 0.961 bits per heavy atom. The van der Waals surface area contributed by atoms with Gasteiger partial charge in [-0.3, -0.25) is 4.68 Å². The zero-order chi connectivity index (χ0) is 37.8. The highest BCUT2D eigenvalue weighted by atomic mass is 35.5.